The first-order chi connectivity index (χ1) is 3.84. The highest BCUT2D eigenvalue weighted by Gasteiger charge is 1.94. The van der Waals surface area contributed by atoms with E-state index in [-0.39, 0.29) is 0 Å². The van der Waals surface area contributed by atoms with E-state index in [1.807, 2.05) is 11.4 Å². The van der Waals surface area contributed by atoms with Crippen molar-refractivity contribution in [2.75, 3.05) is 0 Å². The van der Waals surface area contributed by atoms with Crippen molar-refractivity contribution in [2.24, 2.45) is 0 Å². The van der Waals surface area contributed by atoms with Crippen molar-refractivity contribution in [2.45, 2.75) is 4.21 Å². The Kier molecular flexibility index (Phi) is 1.56. The van der Waals surface area contributed by atoms with Crippen LogP contribution >= 0.6 is 24.0 Å². The molecule has 3 heteroatoms. The summed E-state index contributed by atoms with van der Waals surface area (Å²) in [5.74, 6) is 0. The second-order valence-corrected chi connectivity index (χ2v) is 2.92. The molecule has 0 atom stereocenters. The van der Waals surface area contributed by atoms with E-state index < -0.39 is 0 Å². The predicted octanol–water partition coefficient (Wildman–Crippen LogP) is 1.91. The van der Waals surface area contributed by atoms with Gasteiger partial charge < -0.3 is 0 Å². The minimum absolute atomic E-state index is 0.665. The zero-order valence-corrected chi connectivity index (χ0v) is 5.67. The largest absolute Gasteiger partial charge is 0.192 e. The summed E-state index contributed by atoms with van der Waals surface area (Å²) in [5.41, 5.74) is 0.665. The molecule has 1 nitrogen and oxygen atoms in total. The second-order valence-electron chi connectivity index (χ2n) is 1.25. The third kappa shape index (κ3) is 0.857. The molecule has 1 rings (SSSR count). The summed E-state index contributed by atoms with van der Waals surface area (Å²) in [6.07, 6.45) is 0. The molecule has 0 saturated carbocycles. The quantitative estimate of drug-likeness (QED) is 0.548. The van der Waals surface area contributed by atoms with E-state index in [0.717, 1.165) is 4.21 Å². The van der Waals surface area contributed by atoms with E-state index in [1.165, 1.54) is 11.3 Å². The third-order valence-electron chi connectivity index (χ3n) is 0.765. The van der Waals surface area contributed by atoms with Gasteiger partial charge in [-0.2, -0.15) is 5.26 Å². The van der Waals surface area contributed by atoms with E-state index >= 15 is 0 Å². The standard InChI is InChI=1S/C5H3NS2/c6-3-4-1-2-8-5(4)7/h1-2,7H. The van der Waals surface area contributed by atoms with Gasteiger partial charge in [0.2, 0.25) is 0 Å². The van der Waals surface area contributed by atoms with Gasteiger partial charge in [-0.3, -0.25) is 0 Å². The summed E-state index contributed by atoms with van der Waals surface area (Å²) in [6.45, 7) is 0. The molecule has 0 unspecified atom stereocenters. The third-order valence-corrected chi connectivity index (χ3v) is 2.04. The number of hydrogen-bond acceptors (Lipinski definition) is 3. The van der Waals surface area contributed by atoms with Crippen LogP contribution in [0.5, 0.6) is 0 Å². The van der Waals surface area contributed by atoms with Crippen LogP contribution in [0, 0.1) is 11.3 Å². The molecule has 8 heavy (non-hydrogen) atoms. The minimum atomic E-state index is 0.665. The first-order valence-electron chi connectivity index (χ1n) is 2.01. The average molecular weight is 141 g/mol. The van der Waals surface area contributed by atoms with Gasteiger partial charge in [0.05, 0.1) is 9.77 Å². The van der Waals surface area contributed by atoms with Crippen molar-refractivity contribution in [1.29, 1.82) is 5.26 Å². The zero-order chi connectivity index (χ0) is 5.98. The van der Waals surface area contributed by atoms with Crippen LogP contribution in [0.3, 0.4) is 0 Å². The Bertz CT molecular complexity index is 221. The molecule has 1 heterocycles. The number of thiol groups is 1. The molecule has 0 aliphatic carbocycles. The molecular weight excluding hydrogens is 138 g/mol. The molecule has 0 fully saturated rings. The predicted molar refractivity (Wildman–Crippen MR) is 36.3 cm³/mol. The van der Waals surface area contributed by atoms with Crippen molar-refractivity contribution < 1.29 is 0 Å². The van der Waals surface area contributed by atoms with Crippen LogP contribution in [0.25, 0.3) is 0 Å². The van der Waals surface area contributed by atoms with Crippen LogP contribution in [0.4, 0.5) is 0 Å². The molecule has 0 saturated heterocycles. The summed E-state index contributed by atoms with van der Waals surface area (Å²) in [4.78, 5) is 0. The Balaban J connectivity index is 3.15. The maximum Gasteiger partial charge on any atom is 0.101 e. The Morgan fingerprint density at radius 2 is 2.50 bits per heavy atom. The Morgan fingerprint density at radius 1 is 1.75 bits per heavy atom. The number of nitriles is 1. The minimum Gasteiger partial charge on any atom is -0.192 e. The molecule has 40 valence electrons. The van der Waals surface area contributed by atoms with E-state index in [1.54, 1.807) is 6.07 Å². The molecule has 0 bridgehead atoms. The summed E-state index contributed by atoms with van der Waals surface area (Å²) in [6, 6.07) is 3.77. The number of rotatable bonds is 0. The average Bonchev–Trinajstić information content (AvgIpc) is 2.14. The van der Waals surface area contributed by atoms with Crippen molar-refractivity contribution in [1.82, 2.24) is 0 Å². The molecule has 0 N–H and O–H groups in total. The fourth-order valence-electron chi connectivity index (χ4n) is 0.386. The fraction of sp³-hybridized carbons (Fsp3) is 0. The summed E-state index contributed by atoms with van der Waals surface area (Å²) < 4.78 is 0.799. The zero-order valence-electron chi connectivity index (χ0n) is 3.96. The molecule has 0 aromatic carbocycles. The molecule has 0 amide bonds. The Morgan fingerprint density at radius 3 is 2.75 bits per heavy atom. The van der Waals surface area contributed by atoms with Crippen molar-refractivity contribution in [3.05, 3.63) is 17.0 Å². The van der Waals surface area contributed by atoms with E-state index in [0.29, 0.717) is 5.56 Å². The maximum atomic E-state index is 8.32. The summed E-state index contributed by atoms with van der Waals surface area (Å²) >= 11 is 5.50. The van der Waals surface area contributed by atoms with Gasteiger partial charge in [0.1, 0.15) is 6.07 Å². The number of nitrogens with zero attached hydrogens (tertiary/aromatic N) is 1. The molecule has 1 aromatic heterocycles. The molecule has 1 aromatic rings. The number of hydrogen-bond donors (Lipinski definition) is 1. The smallest absolute Gasteiger partial charge is 0.101 e. The van der Waals surface area contributed by atoms with Gasteiger partial charge >= 0.3 is 0 Å². The van der Waals surface area contributed by atoms with Crippen molar-refractivity contribution in [3.63, 3.8) is 0 Å². The van der Waals surface area contributed by atoms with Crippen LogP contribution in [-0.4, -0.2) is 0 Å². The lowest BCUT2D eigenvalue weighted by Gasteiger charge is -1.75. The molecule has 0 radical (unpaired) electrons. The van der Waals surface area contributed by atoms with E-state index in [4.69, 9.17) is 5.26 Å². The molecular formula is C5H3NS2. The first kappa shape index (κ1) is 5.67. The van der Waals surface area contributed by atoms with E-state index in [2.05, 4.69) is 12.6 Å². The molecule has 0 spiro atoms. The lowest BCUT2D eigenvalue weighted by molar-refractivity contribution is 1.47. The monoisotopic (exact) mass is 141 g/mol. The van der Waals surface area contributed by atoms with Gasteiger partial charge in [0.15, 0.2) is 0 Å². The van der Waals surface area contributed by atoms with Crippen molar-refractivity contribution >= 4 is 24.0 Å². The van der Waals surface area contributed by atoms with Gasteiger partial charge in [0, 0.05) is 0 Å². The highest BCUT2D eigenvalue weighted by atomic mass is 32.2. The highest BCUT2D eigenvalue weighted by Crippen LogP contribution is 2.18. The van der Waals surface area contributed by atoms with Gasteiger partial charge in [-0.05, 0) is 11.4 Å². The van der Waals surface area contributed by atoms with Crippen molar-refractivity contribution in [3.8, 4) is 6.07 Å². The topological polar surface area (TPSA) is 23.8 Å². The molecule has 0 aliphatic heterocycles. The fourth-order valence-corrected chi connectivity index (χ4v) is 1.27. The van der Waals surface area contributed by atoms with Crippen LogP contribution in [0.15, 0.2) is 15.7 Å². The Labute approximate surface area is 57.0 Å². The highest BCUT2D eigenvalue weighted by molar-refractivity contribution is 7.82. The first-order valence-corrected chi connectivity index (χ1v) is 3.34. The van der Waals surface area contributed by atoms with Crippen LogP contribution in [0.2, 0.25) is 0 Å². The van der Waals surface area contributed by atoms with E-state index in [9.17, 15) is 0 Å². The second kappa shape index (κ2) is 2.21. The SMILES string of the molecule is N#Cc1ccsc1S. The number of thiophene rings is 1. The van der Waals surface area contributed by atoms with Gasteiger partial charge in [0.25, 0.3) is 0 Å². The maximum absolute atomic E-state index is 8.32. The van der Waals surface area contributed by atoms with Gasteiger partial charge in [-0.1, -0.05) is 0 Å². The molecule has 0 aliphatic rings. The van der Waals surface area contributed by atoms with Crippen LogP contribution in [0.1, 0.15) is 5.56 Å². The van der Waals surface area contributed by atoms with Crippen LogP contribution < -0.4 is 0 Å². The summed E-state index contributed by atoms with van der Waals surface area (Å²) in [5, 5.41) is 10.2. The Hall–Kier alpha value is -0.460. The lowest BCUT2D eigenvalue weighted by Crippen LogP contribution is -1.61. The van der Waals surface area contributed by atoms with Gasteiger partial charge in [-0.25, -0.2) is 0 Å². The summed E-state index contributed by atoms with van der Waals surface area (Å²) in [7, 11) is 0. The van der Waals surface area contributed by atoms with Crippen LogP contribution in [-0.2, 0) is 0 Å². The lowest BCUT2D eigenvalue weighted by atomic mass is 10.4. The van der Waals surface area contributed by atoms with Gasteiger partial charge in [-0.15, -0.1) is 24.0 Å². The normalized spacial score (nSPS) is 8.50.